The van der Waals surface area contributed by atoms with Crippen LogP contribution in [0.2, 0.25) is 0 Å². The number of aryl methyl sites for hydroxylation is 1. The van der Waals surface area contributed by atoms with E-state index in [2.05, 4.69) is 26.7 Å². The molecule has 2 aromatic carbocycles. The van der Waals surface area contributed by atoms with Crippen molar-refractivity contribution in [2.45, 2.75) is 6.92 Å². The zero-order chi connectivity index (χ0) is 15.6. The molecule has 2 rings (SSSR count). The molecule has 4 N–H and O–H groups in total. The van der Waals surface area contributed by atoms with Crippen molar-refractivity contribution in [2.75, 3.05) is 10.7 Å². The van der Waals surface area contributed by atoms with Gasteiger partial charge in [-0.15, -0.1) is 0 Å². The lowest BCUT2D eigenvalue weighted by molar-refractivity contribution is 0.102. The zero-order valence-electron chi connectivity index (χ0n) is 11.0. The Bertz CT molecular complexity index is 684. The van der Waals surface area contributed by atoms with Crippen molar-refractivity contribution in [1.82, 2.24) is 0 Å². The monoisotopic (exact) mass is 355 g/mol. The maximum atomic E-state index is 13.7. The molecule has 0 radical (unpaired) electrons. The van der Waals surface area contributed by atoms with Crippen LogP contribution in [0.4, 0.5) is 20.2 Å². The van der Waals surface area contributed by atoms with Crippen LogP contribution in [0.1, 0.15) is 15.9 Å². The highest BCUT2D eigenvalue weighted by Crippen LogP contribution is 2.24. The number of nitrogen functional groups attached to an aromatic ring is 1. The third-order valence-electron chi connectivity index (χ3n) is 2.89. The van der Waals surface area contributed by atoms with E-state index in [0.717, 1.165) is 17.7 Å². The van der Waals surface area contributed by atoms with Gasteiger partial charge in [0.1, 0.15) is 5.69 Å². The average Bonchev–Trinajstić information content (AvgIpc) is 2.42. The van der Waals surface area contributed by atoms with E-state index in [-0.39, 0.29) is 10.0 Å². The third-order valence-corrected chi connectivity index (χ3v) is 3.35. The summed E-state index contributed by atoms with van der Waals surface area (Å²) in [6.45, 7) is 1.76. The topological polar surface area (TPSA) is 67.2 Å². The standard InChI is InChI=1S/C14H12BrF2N3O/c1-7-4-8(2-3-12(7)20-18)14(21)19-13-10(16)5-9(15)6-11(13)17/h2-6,20H,18H2,1H3,(H,19,21). The highest BCUT2D eigenvalue weighted by molar-refractivity contribution is 9.10. The fraction of sp³-hybridized carbons (Fsp3) is 0.0714. The highest BCUT2D eigenvalue weighted by Gasteiger charge is 2.15. The second-order valence-electron chi connectivity index (χ2n) is 4.37. The van der Waals surface area contributed by atoms with Crippen molar-refractivity contribution in [3.63, 3.8) is 0 Å². The first-order valence-corrected chi connectivity index (χ1v) is 6.75. The van der Waals surface area contributed by atoms with Gasteiger partial charge in [0.25, 0.3) is 5.91 Å². The van der Waals surface area contributed by atoms with Gasteiger partial charge >= 0.3 is 0 Å². The van der Waals surface area contributed by atoms with Crippen LogP contribution in [-0.2, 0) is 0 Å². The number of benzene rings is 2. The van der Waals surface area contributed by atoms with E-state index < -0.39 is 23.2 Å². The predicted molar refractivity (Wildman–Crippen MR) is 81.0 cm³/mol. The van der Waals surface area contributed by atoms with Gasteiger partial charge in [-0.05, 0) is 42.8 Å². The van der Waals surface area contributed by atoms with E-state index >= 15 is 0 Å². The van der Waals surface area contributed by atoms with E-state index in [4.69, 9.17) is 5.84 Å². The minimum Gasteiger partial charge on any atom is -0.324 e. The number of amides is 1. The lowest BCUT2D eigenvalue weighted by Crippen LogP contribution is -2.15. The van der Waals surface area contributed by atoms with Crippen molar-refractivity contribution in [2.24, 2.45) is 5.84 Å². The first kappa shape index (κ1) is 15.4. The van der Waals surface area contributed by atoms with Gasteiger partial charge in [0, 0.05) is 10.0 Å². The summed E-state index contributed by atoms with van der Waals surface area (Å²) in [6, 6.07) is 6.83. The Morgan fingerprint density at radius 1 is 1.19 bits per heavy atom. The first-order chi connectivity index (χ1) is 9.92. The molecule has 21 heavy (non-hydrogen) atoms. The van der Waals surface area contributed by atoms with Gasteiger partial charge in [-0.1, -0.05) is 15.9 Å². The van der Waals surface area contributed by atoms with Crippen LogP contribution >= 0.6 is 15.9 Å². The Labute approximate surface area is 128 Å². The van der Waals surface area contributed by atoms with Gasteiger partial charge < -0.3 is 10.7 Å². The van der Waals surface area contributed by atoms with Crippen LogP contribution in [0.25, 0.3) is 0 Å². The van der Waals surface area contributed by atoms with E-state index in [1.54, 1.807) is 19.1 Å². The van der Waals surface area contributed by atoms with Gasteiger partial charge in [0.15, 0.2) is 11.6 Å². The lowest BCUT2D eigenvalue weighted by Gasteiger charge is -2.10. The summed E-state index contributed by atoms with van der Waals surface area (Å²) in [4.78, 5) is 12.0. The fourth-order valence-corrected chi connectivity index (χ4v) is 2.22. The summed E-state index contributed by atoms with van der Waals surface area (Å²) >= 11 is 2.97. The molecule has 0 fully saturated rings. The summed E-state index contributed by atoms with van der Waals surface area (Å²) in [5, 5.41) is 2.23. The normalized spacial score (nSPS) is 10.3. The van der Waals surface area contributed by atoms with Crippen LogP contribution in [0, 0.1) is 18.6 Å². The van der Waals surface area contributed by atoms with Crippen LogP contribution in [0.15, 0.2) is 34.8 Å². The van der Waals surface area contributed by atoms with Crippen molar-refractivity contribution in [3.05, 3.63) is 57.6 Å². The average molecular weight is 356 g/mol. The molecule has 0 saturated heterocycles. The number of rotatable bonds is 3. The van der Waals surface area contributed by atoms with Crippen molar-refractivity contribution >= 4 is 33.2 Å². The number of nitrogens with two attached hydrogens (primary N) is 1. The molecule has 7 heteroatoms. The second kappa shape index (κ2) is 6.19. The molecule has 2 aromatic rings. The second-order valence-corrected chi connectivity index (χ2v) is 5.29. The Kier molecular flexibility index (Phi) is 4.54. The minimum absolute atomic E-state index is 0.254. The predicted octanol–water partition coefficient (Wildman–Crippen LogP) is 3.57. The molecule has 0 bridgehead atoms. The fourth-order valence-electron chi connectivity index (χ4n) is 1.81. The molecular weight excluding hydrogens is 344 g/mol. The SMILES string of the molecule is Cc1cc(C(=O)Nc2c(F)cc(Br)cc2F)ccc1NN. The van der Waals surface area contributed by atoms with Gasteiger partial charge in [0.2, 0.25) is 0 Å². The number of nitrogens with one attached hydrogen (secondary N) is 2. The molecule has 1 amide bonds. The molecule has 0 aliphatic heterocycles. The van der Waals surface area contributed by atoms with Gasteiger partial charge in [-0.3, -0.25) is 10.6 Å². The Morgan fingerprint density at radius 3 is 2.33 bits per heavy atom. The van der Waals surface area contributed by atoms with Gasteiger partial charge in [-0.25, -0.2) is 8.78 Å². The van der Waals surface area contributed by atoms with E-state index in [9.17, 15) is 13.6 Å². The number of hydrazine groups is 1. The van der Waals surface area contributed by atoms with Gasteiger partial charge in [0.05, 0.1) is 5.69 Å². The number of hydrogen-bond donors (Lipinski definition) is 3. The van der Waals surface area contributed by atoms with Crippen LogP contribution in [0.5, 0.6) is 0 Å². The molecule has 4 nitrogen and oxygen atoms in total. The third kappa shape index (κ3) is 3.37. The minimum atomic E-state index is -0.854. The lowest BCUT2D eigenvalue weighted by atomic mass is 10.1. The molecule has 0 aliphatic rings. The molecular formula is C14H12BrF2N3O. The van der Waals surface area contributed by atoms with Crippen molar-refractivity contribution in [3.8, 4) is 0 Å². The smallest absolute Gasteiger partial charge is 0.255 e. The van der Waals surface area contributed by atoms with Crippen molar-refractivity contribution in [1.29, 1.82) is 0 Å². The summed E-state index contributed by atoms with van der Waals surface area (Å²) in [6.07, 6.45) is 0. The number of carbonyl (C=O) groups excluding carboxylic acids is 1. The van der Waals surface area contributed by atoms with E-state index in [0.29, 0.717) is 5.69 Å². The molecule has 0 saturated carbocycles. The van der Waals surface area contributed by atoms with Crippen LogP contribution < -0.4 is 16.6 Å². The maximum absolute atomic E-state index is 13.7. The van der Waals surface area contributed by atoms with Crippen molar-refractivity contribution < 1.29 is 13.6 Å². The molecule has 0 aliphatic carbocycles. The first-order valence-electron chi connectivity index (χ1n) is 5.95. The van der Waals surface area contributed by atoms with Crippen LogP contribution in [0.3, 0.4) is 0 Å². The number of carbonyl (C=O) groups is 1. The number of halogens is 3. The van der Waals surface area contributed by atoms with E-state index in [1.807, 2.05) is 0 Å². The summed E-state index contributed by atoms with van der Waals surface area (Å²) < 4.78 is 27.6. The summed E-state index contributed by atoms with van der Waals surface area (Å²) in [5.74, 6) is 2.98. The number of hydrogen-bond acceptors (Lipinski definition) is 3. The van der Waals surface area contributed by atoms with Crippen LogP contribution in [-0.4, -0.2) is 5.91 Å². The highest BCUT2D eigenvalue weighted by atomic mass is 79.9. The molecule has 110 valence electrons. The number of anilines is 2. The van der Waals surface area contributed by atoms with E-state index in [1.165, 1.54) is 6.07 Å². The Morgan fingerprint density at radius 2 is 1.81 bits per heavy atom. The maximum Gasteiger partial charge on any atom is 0.255 e. The zero-order valence-corrected chi connectivity index (χ0v) is 12.6. The molecule has 0 atom stereocenters. The Balaban J connectivity index is 2.28. The molecule has 0 heterocycles. The molecule has 0 unspecified atom stereocenters. The molecule has 0 aromatic heterocycles. The Hall–Kier alpha value is -1.99. The molecule has 0 spiro atoms. The summed E-state index contributed by atoms with van der Waals surface area (Å²) in [5.41, 5.74) is 3.66. The summed E-state index contributed by atoms with van der Waals surface area (Å²) in [7, 11) is 0. The largest absolute Gasteiger partial charge is 0.324 e. The van der Waals surface area contributed by atoms with Gasteiger partial charge in [-0.2, -0.15) is 0 Å². The quantitative estimate of drug-likeness (QED) is 0.582.